The van der Waals surface area contributed by atoms with Gasteiger partial charge in [-0.2, -0.15) is 0 Å². The van der Waals surface area contributed by atoms with Gasteiger partial charge in [0.05, 0.1) is 12.3 Å². The first-order chi connectivity index (χ1) is 7.65. The standard InChI is InChI=1S/C11H15N4O/c1-4-16-11-9(12)10-8(14(2)3)6-5-7-15(10)13-11/h5-7H,1,4,12H2,2-3H3. The summed E-state index contributed by atoms with van der Waals surface area (Å²) in [6.07, 6.45) is 1.84. The third-order valence-electron chi connectivity index (χ3n) is 2.36. The minimum absolute atomic E-state index is 0.311. The molecule has 0 spiro atoms. The average Bonchev–Trinajstić information content (AvgIpc) is 2.57. The predicted molar refractivity (Wildman–Crippen MR) is 64.8 cm³/mol. The number of hydrogen-bond acceptors (Lipinski definition) is 4. The van der Waals surface area contributed by atoms with Crippen molar-refractivity contribution in [3.05, 3.63) is 25.3 Å². The number of rotatable bonds is 3. The van der Waals surface area contributed by atoms with E-state index in [9.17, 15) is 0 Å². The van der Waals surface area contributed by atoms with E-state index in [2.05, 4.69) is 12.0 Å². The highest BCUT2D eigenvalue weighted by Crippen LogP contribution is 2.31. The van der Waals surface area contributed by atoms with E-state index in [0.29, 0.717) is 18.2 Å². The van der Waals surface area contributed by atoms with Crippen LogP contribution in [-0.2, 0) is 0 Å². The zero-order valence-corrected chi connectivity index (χ0v) is 9.47. The van der Waals surface area contributed by atoms with Crippen molar-refractivity contribution in [1.82, 2.24) is 9.61 Å². The molecule has 2 aromatic heterocycles. The van der Waals surface area contributed by atoms with Crippen LogP contribution in [0, 0.1) is 6.92 Å². The van der Waals surface area contributed by atoms with Gasteiger partial charge in [0.25, 0.3) is 5.88 Å². The van der Waals surface area contributed by atoms with Crippen LogP contribution in [0.4, 0.5) is 11.4 Å². The van der Waals surface area contributed by atoms with Crippen LogP contribution < -0.4 is 15.4 Å². The number of fused-ring (bicyclic) bond motifs is 1. The second kappa shape index (κ2) is 3.92. The molecule has 0 fully saturated rings. The number of nitrogens with zero attached hydrogens (tertiary/aromatic N) is 3. The van der Waals surface area contributed by atoms with E-state index in [1.165, 1.54) is 0 Å². The fourth-order valence-electron chi connectivity index (χ4n) is 1.65. The topological polar surface area (TPSA) is 55.8 Å². The second-order valence-corrected chi connectivity index (χ2v) is 3.65. The number of pyridine rings is 1. The van der Waals surface area contributed by atoms with Crippen molar-refractivity contribution in [2.24, 2.45) is 0 Å². The molecule has 0 amide bonds. The van der Waals surface area contributed by atoms with Crippen LogP contribution >= 0.6 is 0 Å². The number of nitrogen functional groups attached to an aromatic ring is 1. The third kappa shape index (κ3) is 1.54. The Morgan fingerprint density at radius 1 is 1.56 bits per heavy atom. The van der Waals surface area contributed by atoms with Crippen LogP contribution in [0.3, 0.4) is 0 Å². The molecule has 5 nitrogen and oxygen atoms in total. The van der Waals surface area contributed by atoms with Gasteiger partial charge in [-0.05, 0) is 19.1 Å². The van der Waals surface area contributed by atoms with Gasteiger partial charge < -0.3 is 15.4 Å². The molecule has 0 atom stereocenters. The van der Waals surface area contributed by atoms with E-state index < -0.39 is 0 Å². The van der Waals surface area contributed by atoms with E-state index in [4.69, 9.17) is 10.5 Å². The van der Waals surface area contributed by atoms with Gasteiger partial charge in [-0.1, -0.05) is 0 Å². The van der Waals surface area contributed by atoms with Gasteiger partial charge in [0.15, 0.2) is 0 Å². The van der Waals surface area contributed by atoms with Crippen LogP contribution in [0.15, 0.2) is 18.3 Å². The summed E-state index contributed by atoms with van der Waals surface area (Å²) in [6, 6.07) is 3.91. The first-order valence-electron chi connectivity index (χ1n) is 5.01. The minimum atomic E-state index is 0.311. The summed E-state index contributed by atoms with van der Waals surface area (Å²) >= 11 is 0. The summed E-state index contributed by atoms with van der Waals surface area (Å²) in [5.74, 6) is 0.435. The first-order valence-corrected chi connectivity index (χ1v) is 5.01. The maximum absolute atomic E-state index is 6.00. The number of ether oxygens (including phenoxy) is 1. The summed E-state index contributed by atoms with van der Waals surface area (Å²) in [5, 5.41) is 4.25. The first kappa shape index (κ1) is 10.6. The fraction of sp³-hybridized carbons (Fsp3) is 0.273. The smallest absolute Gasteiger partial charge is 0.257 e. The zero-order valence-electron chi connectivity index (χ0n) is 9.47. The van der Waals surface area contributed by atoms with E-state index in [0.717, 1.165) is 11.2 Å². The zero-order chi connectivity index (χ0) is 11.7. The molecule has 16 heavy (non-hydrogen) atoms. The second-order valence-electron chi connectivity index (χ2n) is 3.65. The van der Waals surface area contributed by atoms with Crippen molar-refractivity contribution in [2.45, 2.75) is 0 Å². The van der Waals surface area contributed by atoms with Crippen molar-refractivity contribution >= 4 is 16.9 Å². The molecule has 5 heteroatoms. The Morgan fingerprint density at radius 3 is 2.94 bits per heavy atom. The molecule has 0 aliphatic heterocycles. The molecule has 0 aliphatic rings. The monoisotopic (exact) mass is 219 g/mol. The summed E-state index contributed by atoms with van der Waals surface area (Å²) in [6.45, 7) is 3.92. The minimum Gasteiger partial charge on any atom is -0.475 e. The molecular weight excluding hydrogens is 204 g/mol. The number of anilines is 2. The van der Waals surface area contributed by atoms with Crippen LogP contribution in [0.1, 0.15) is 0 Å². The van der Waals surface area contributed by atoms with Crippen molar-refractivity contribution in [2.75, 3.05) is 31.3 Å². The van der Waals surface area contributed by atoms with E-state index in [-0.39, 0.29) is 0 Å². The van der Waals surface area contributed by atoms with Gasteiger partial charge in [0.2, 0.25) is 0 Å². The number of hydrogen-bond donors (Lipinski definition) is 1. The molecule has 0 aliphatic carbocycles. The average molecular weight is 219 g/mol. The quantitative estimate of drug-likeness (QED) is 0.842. The number of aromatic nitrogens is 2. The van der Waals surface area contributed by atoms with Crippen molar-refractivity contribution in [3.8, 4) is 5.88 Å². The number of nitrogens with two attached hydrogens (primary N) is 1. The maximum atomic E-state index is 6.00. The molecule has 1 radical (unpaired) electrons. The van der Waals surface area contributed by atoms with Crippen LogP contribution in [-0.4, -0.2) is 30.3 Å². The Bertz CT molecular complexity index is 504. The van der Waals surface area contributed by atoms with Crippen molar-refractivity contribution in [3.63, 3.8) is 0 Å². The highest BCUT2D eigenvalue weighted by atomic mass is 16.5. The molecule has 2 heterocycles. The summed E-state index contributed by atoms with van der Waals surface area (Å²) in [4.78, 5) is 1.99. The lowest BCUT2D eigenvalue weighted by Crippen LogP contribution is -2.10. The maximum Gasteiger partial charge on any atom is 0.257 e. The molecule has 0 bridgehead atoms. The highest BCUT2D eigenvalue weighted by molar-refractivity contribution is 5.87. The molecule has 85 valence electrons. The Hall–Kier alpha value is -1.91. The SMILES string of the molecule is [CH2]COc1nn2cccc(N(C)C)c2c1N. The summed E-state index contributed by atoms with van der Waals surface area (Å²) in [7, 11) is 3.92. The normalized spacial score (nSPS) is 10.7. The lowest BCUT2D eigenvalue weighted by atomic mass is 10.3. The van der Waals surface area contributed by atoms with Crippen LogP contribution in [0.25, 0.3) is 5.52 Å². The Kier molecular flexibility index (Phi) is 2.60. The molecular formula is C11H15N4O. The molecule has 0 saturated carbocycles. The lowest BCUT2D eigenvalue weighted by Gasteiger charge is -2.13. The van der Waals surface area contributed by atoms with E-state index in [1.54, 1.807) is 4.52 Å². The van der Waals surface area contributed by atoms with Gasteiger partial charge in [-0.3, -0.25) is 0 Å². The largest absolute Gasteiger partial charge is 0.475 e. The molecule has 2 N–H and O–H groups in total. The van der Waals surface area contributed by atoms with Gasteiger partial charge in [0.1, 0.15) is 11.2 Å². The van der Waals surface area contributed by atoms with E-state index >= 15 is 0 Å². The third-order valence-corrected chi connectivity index (χ3v) is 2.36. The van der Waals surface area contributed by atoms with E-state index in [1.807, 2.05) is 37.3 Å². The Balaban J connectivity index is 2.67. The fourth-order valence-corrected chi connectivity index (χ4v) is 1.65. The lowest BCUT2D eigenvalue weighted by molar-refractivity contribution is 0.346. The molecule has 2 rings (SSSR count). The molecule has 0 unspecified atom stereocenters. The Morgan fingerprint density at radius 2 is 2.31 bits per heavy atom. The summed E-state index contributed by atoms with van der Waals surface area (Å²) in [5.41, 5.74) is 8.41. The van der Waals surface area contributed by atoms with Gasteiger partial charge in [-0.15, -0.1) is 5.10 Å². The molecule has 2 aromatic rings. The van der Waals surface area contributed by atoms with Crippen LogP contribution in [0.5, 0.6) is 5.88 Å². The van der Waals surface area contributed by atoms with Crippen LogP contribution in [0.2, 0.25) is 0 Å². The van der Waals surface area contributed by atoms with Gasteiger partial charge in [0, 0.05) is 20.3 Å². The summed E-state index contributed by atoms with van der Waals surface area (Å²) < 4.78 is 6.99. The van der Waals surface area contributed by atoms with Gasteiger partial charge >= 0.3 is 0 Å². The molecule has 0 saturated heterocycles. The van der Waals surface area contributed by atoms with Crippen molar-refractivity contribution in [1.29, 1.82) is 0 Å². The van der Waals surface area contributed by atoms with Gasteiger partial charge in [-0.25, -0.2) is 4.52 Å². The van der Waals surface area contributed by atoms with Crippen molar-refractivity contribution < 1.29 is 4.74 Å². The molecule has 0 aromatic carbocycles. The predicted octanol–water partition coefficient (Wildman–Crippen LogP) is 1.20. The Labute approximate surface area is 94.4 Å². The highest BCUT2D eigenvalue weighted by Gasteiger charge is 2.14.